The summed E-state index contributed by atoms with van der Waals surface area (Å²) in [6.45, 7) is 2.93. The van der Waals surface area contributed by atoms with Crippen LogP contribution in [0.25, 0.3) is 11.1 Å². The van der Waals surface area contributed by atoms with E-state index in [1.165, 1.54) is 11.1 Å². The van der Waals surface area contributed by atoms with E-state index >= 15 is 0 Å². The minimum Gasteiger partial charge on any atom is -0.481 e. The highest BCUT2D eigenvalue weighted by atomic mass is 16.5. The average Bonchev–Trinajstić information content (AvgIpc) is 3.67. The number of likely N-dealkylation sites (tertiary alicyclic amines) is 1. The van der Waals surface area contributed by atoms with Crippen LogP contribution < -0.4 is 5.32 Å². The van der Waals surface area contributed by atoms with Crippen LogP contribution in [0.4, 0.5) is 4.79 Å². The Morgan fingerprint density at radius 1 is 1.03 bits per heavy atom. The minimum atomic E-state index is -0.857. The van der Waals surface area contributed by atoms with Crippen molar-refractivity contribution in [3.63, 3.8) is 0 Å². The fraction of sp³-hybridized carbons (Fsp3) is 0.464. The van der Waals surface area contributed by atoms with E-state index in [1.54, 1.807) is 4.90 Å². The minimum absolute atomic E-state index is 0.0248. The molecule has 2 aliphatic carbocycles. The van der Waals surface area contributed by atoms with Crippen molar-refractivity contribution in [2.75, 3.05) is 19.7 Å². The Kier molecular flexibility index (Phi) is 6.26. The lowest BCUT2D eigenvalue weighted by molar-refractivity contribution is -0.146. The van der Waals surface area contributed by atoms with Crippen molar-refractivity contribution in [3.8, 4) is 11.1 Å². The fourth-order valence-electron chi connectivity index (χ4n) is 5.71. The van der Waals surface area contributed by atoms with Crippen molar-refractivity contribution >= 4 is 18.0 Å². The van der Waals surface area contributed by atoms with Gasteiger partial charge in [-0.1, -0.05) is 48.5 Å². The molecule has 7 heteroatoms. The first-order valence-corrected chi connectivity index (χ1v) is 12.5. The molecule has 2 N–H and O–H groups in total. The van der Waals surface area contributed by atoms with Gasteiger partial charge in [-0.15, -0.1) is 0 Å². The van der Waals surface area contributed by atoms with Gasteiger partial charge in [-0.2, -0.15) is 0 Å². The van der Waals surface area contributed by atoms with Gasteiger partial charge < -0.3 is 20.1 Å². The second-order valence-electron chi connectivity index (χ2n) is 10.3. The highest BCUT2D eigenvalue weighted by molar-refractivity contribution is 5.81. The number of aliphatic carboxylic acids is 1. The number of carbonyl (C=O) groups is 3. The van der Waals surface area contributed by atoms with E-state index in [-0.39, 0.29) is 37.3 Å². The third-order valence-corrected chi connectivity index (χ3v) is 7.85. The molecule has 1 heterocycles. The van der Waals surface area contributed by atoms with Crippen molar-refractivity contribution in [2.45, 2.75) is 50.5 Å². The van der Waals surface area contributed by atoms with Gasteiger partial charge in [-0.3, -0.25) is 9.59 Å². The maximum absolute atomic E-state index is 13.1. The standard InChI is InChI=1S/C28H32N2O5/c1-28(19-12-13-19,15-25(31)30-14-6-7-18(16-30)26(32)33)29-27(34)35-17-24-22-10-4-2-8-20(22)21-9-3-5-11-23(21)24/h2-5,8-11,18-19,24H,6-7,12-17H2,1H3,(H,29,34)(H,32,33)/t18-,28?/m1/s1. The molecule has 2 amide bonds. The van der Waals surface area contributed by atoms with E-state index in [4.69, 9.17) is 4.74 Å². The lowest BCUT2D eigenvalue weighted by Crippen LogP contribution is -2.53. The Hall–Kier alpha value is -3.35. The molecule has 3 aliphatic rings. The van der Waals surface area contributed by atoms with E-state index in [2.05, 4.69) is 29.6 Å². The Morgan fingerprint density at radius 3 is 2.26 bits per heavy atom. The van der Waals surface area contributed by atoms with Crippen LogP contribution in [-0.2, 0) is 14.3 Å². The van der Waals surface area contributed by atoms with Crippen LogP contribution in [0, 0.1) is 11.8 Å². The summed E-state index contributed by atoms with van der Waals surface area (Å²) >= 11 is 0. The van der Waals surface area contributed by atoms with E-state index in [9.17, 15) is 19.5 Å². The van der Waals surface area contributed by atoms with E-state index < -0.39 is 23.5 Å². The number of benzene rings is 2. The average molecular weight is 477 g/mol. The van der Waals surface area contributed by atoms with Crippen molar-refractivity contribution in [1.82, 2.24) is 10.2 Å². The topological polar surface area (TPSA) is 95.9 Å². The maximum Gasteiger partial charge on any atom is 0.407 e. The molecule has 2 aromatic rings. The molecule has 7 nitrogen and oxygen atoms in total. The van der Waals surface area contributed by atoms with Gasteiger partial charge in [0.2, 0.25) is 5.91 Å². The second kappa shape index (κ2) is 9.36. The monoisotopic (exact) mass is 476 g/mol. The molecule has 35 heavy (non-hydrogen) atoms. The smallest absolute Gasteiger partial charge is 0.407 e. The zero-order valence-corrected chi connectivity index (χ0v) is 20.0. The third kappa shape index (κ3) is 4.77. The lowest BCUT2D eigenvalue weighted by atomic mass is 9.90. The number of ether oxygens (including phenoxy) is 1. The molecule has 5 rings (SSSR count). The highest BCUT2D eigenvalue weighted by Crippen LogP contribution is 2.45. The van der Waals surface area contributed by atoms with Crippen molar-refractivity contribution < 1.29 is 24.2 Å². The van der Waals surface area contributed by atoms with E-state index in [0.717, 1.165) is 24.0 Å². The number of nitrogens with zero attached hydrogens (tertiary/aromatic N) is 1. The van der Waals surface area contributed by atoms with Crippen LogP contribution in [-0.4, -0.2) is 53.2 Å². The Labute approximate surface area is 205 Å². The maximum atomic E-state index is 13.1. The van der Waals surface area contributed by atoms with Gasteiger partial charge in [0.05, 0.1) is 17.9 Å². The van der Waals surface area contributed by atoms with Gasteiger partial charge in [0.1, 0.15) is 6.61 Å². The quantitative estimate of drug-likeness (QED) is 0.617. The first-order valence-electron chi connectivity index (χ1n) is 12.5. The molecule has 0 spiro atoms. The predicted octanol–water partition coefficient (Wildman–Crippen LogP) is 4.41. The molecule has 184 valence electrons. The highest BCUT2D eigenvalue weighted by Gasteiger charge is 2.45. The number of hydrogen-bond donors (Lipinski definition) is 2. The number of rotatable bonds is 7. The van der Waals surface area contributed by atoms with Crippen LogP contribution >= 0.6 is 0 Å². The summed E-state index contributed by atoms with van der Waals surface area (Å²) in [7, 11) is 0. The third-order valence-electron chi connectivity index (χ3n) is 7.85. The number of alkyl carbamates (subject to hydrolysis) is 1. The van der Waals surface area contributed by atoms with Gasteiger partial charge >= 0.3 is 12.1 Å². The number of amides is 2. The summed E-state index contributed by atoms with van der Waals surface area (Å²) in [6, 6.07) is 16.4. The number of carbonyl (C=O) groups excluding carboxylic acids is 2. The molecule has 2 atom stereocenters. The molecule has 1 aliphatic heterocycles. The molecule has 2 aromatic carbocycles. The Morgan fingerprint density at radius 2 is 1.66 bits per heavy atom. The molecule has 1 unspecified atom stereocenters. The first kappa shape index (κ1) is 23.4. The van der Waals surface area contributed by atoms with Crippen molar-refractivity contribution in [2.24, 2.45) is 11.8 Å². The molecule has 0 radical (unpaired) electrons. The molecule has 0 aromatic heterocycles. The zero-order chi connectivity index (χ0) is 24.6. The van der Waals surface area contributed by atoms with Crippen LogP contribution in [0.2, 0.25) is 0 Å². The molecular formula is C28H32N2O5. The second-order valence-corrected chi connectivity index (χ2v) is 10.3. The summed E-state index contributed by atoms with van der Waals surface area (Å²) in [6.07, 6.45) is 2.81. The number of fused-ring (bicyclic) bond motifs is 3. The number of nitrogens with one attached hydrogen (secondary N) is 1. The largest absolute Gasteiger partial charge is 0.481 e. The number of hydrogen-bond acceptors (Lipinski definition) is 4. The van der Waals surface area contributed by atoms with Gasteiger partial charge in [0.25, 0.3) is 0 Å². The number of carboxylic acid groups (broad SMARTS) is 1. The number of carboxylic acids is 1. The summed E-state index contributed by atoms with van der Waals surface area (Å²) in [5.41, 5.74) is 3.94. The fourth-order valence-corrected chi connectivity index (χ4v) is 5.71. The van der Waals surface area contributed by atoms with Crippen LogP contribution in [0.15, 0.2) is 48.5 Å². The lowest BCUT2D eigenvalue weighted by Gasteiger charge is -2.35. The van der Waals surface area contributed by atoms with E-state index in [0.29, 0.717) is 19.4 Å². The van der Waals surface area contributed by atoms with Gasteiger partial charge in [-0.25, -0.2) is 4.79 Å². The van der Waals surface area contributed by atoms with Crippen molar-refractivity contribution in [1.29, 1.82) is 0 Å². The molecule has 2 fully saturated rings. The molecular weight excluding hydrogens is 444 g/mol. The summed E-state index contributed by atoms with van der Waals surface area (Å²) < 4.78 is 5.74. The zero-order valence-electron chi connectivity index (χ0n) is 20.0. The predicted molar refractivity (Wildman–Crippen MR) is 131 cm³/mol. The first-order chi connectivity index (χ1) is 16.9. The SMILES string of the molecule is CC(CC(=O)N1CCC[C@@H](C(=O)O)C1)(NC(=O)OCC1c2ccccc2-c2ccccc21)C1CC1. The van der Waals surface area contributed by atoms with Gasteiger partial charge in [0, 0.05) is 19.0 Å². The van der Waals surface area contributed by atoms with Crippen LogP contribution in [0.1, 0.15) is 56.1 Å². The molecule has 1 saturated carbocycles. The van der Waals surface area contributed by atoms with Gasteiger partial charge in [-0.05, 0) is 60.8 Å². The summed E-state index contributed by atoms with van der Waals surface area (Å²) in [5.74, 6) is -1.29. The van der Waals surface area contributed by atoms with Gasteiger partial charge in [0.15, 0.2) is 0 Å². The number of piperidine rings is 1. The Bertz CT molecular complexity index is 1100. The molecule has 0 bridgehead atoms. The van der Waals surface area contributed by atoms with Crippen molar-refractivity contribution in [3.05, 3.63) is 59.7 Å². The Balaban J connectivity index is 1.23. The van der Waals surface area contributed by atoms with Crippen LogP contribution in [0.5, 0.6) is 0 Å². The summed E-state index contributed by atoms with van der Waals surface area (Å²) in [4.78, 5) is 39.0. The van der Waals surface area contributed by atoms with Crippen LogP contribution in [0.3, 0.4) is 0 Å². The summed E-state index contributed by atoms with van der Waals surface area (Å²) in [5, 5.41) is 12.4. The van der Waals surface area contributed by atoms with E-state index in [1.807, 2.05) is 31.2 Å². The normalized spacial score (nSPS) is 20.9. The molecule has 1 saturated heterocycles.